The molecule has 0 saturated carbocycles. The third-order valence-electron chi connectivity index (χ3n) is 7.03. The van der Waals surface area contributed by atoms with E-state index in [1.165, 1.54) is 34.3 Å². The van der Waals surface area contributed by atoms with Crippen LogP contribution < -0.4 is 35.6 Å². The third-order valence-corrected chi connectivity index (χ3v) is 7.67. The molecule has 2 atom stereocenters. The molecular formula is C30H39N3O8S. The second kappa shape index (κ2) is 15.3. The van der Waals surface area contributed by atoms with E-state index < -0.39 is 18.1 Å². The van der Waals surface area contributed by atoms with Gasteiger partial charge in [-0.2, -0.15) is 11.8 Å². The van der Waals surface area contributed by atoms with E-state index in [4.69, 9.17) is 14.2 Å². The number of carbonyl (C=O) groups excluding carboxylic acids is 3. The van der Waals surface area contributed by atoms with Gasteiger partial charge in [0, 0.05) is 19.0 Å². The van der Waals surface area contributed by atoms with E-state index >= 15 is 0 Å². The summed E-state index contributed by atoms with van der Waals surface area (Å²) < 4.78 is 21.7. The number of hydrogen-bond acceptors (Lipinski definition) is 10. The van der Waals surface area contributed by atoms with Gasteiger partial charge < -0.3 is 34.9 Å². The van der Waals surface area contributed by atoms with Crippen molar-refractivity contribution in [2.45, 2.75) is 44.7 Å². The van der Waals surface area contributed by atoms with Gasteiger partial charge in [-0.25, -0.2) is 0 Å². The van der Waals surface area contributed by atoms with Crippen molar-refractivity contribution in [2.24, 2.45) is 0 Å². The number of hydrogen-bond donors (Lipinski definition) is 3. The zero-order valence-corrected chi connectivity index (χ0v) is 25.7. The van der Waals surface area contributed by atoms with Gasteiger partial charge in [-0.3, -0.25) is 19.2 Å². The number of benzene rings is 1. The summed E-state index contributed by atoms with van der Waals surface area (Å²) in [6.45, 7) is 1.55. The number of thioether (sulfide) groups is 1. The molecule has 2 aromatic carbocycles. The molecule has 12 heteroatoms. The average Bonchev–Trinajstić information content (AvgIpc) is 3.22. The van der Waals surface area contributed by atoms with Crippen LogP contribution in [-0.2, 0) is 25.5 Å². The minimum absolute atomic E-state index is 0.0390. The Morgan fingerprint density at radius 3 is 2.40 bits per heavy atom. The second-order valence-corrected chi connectivity index (χ2v) is 10.7. The molecule has 3 N–H and O–H groups in total. The van der Waals surface area contributed by atoms with Crippen molar-refractivity contribution in [3.05, 3.63) is 45.6 Å². The van der Waals surface area contributed by atoms with Gasteiger partial charge in [0.2, 0.25) is 23.0 Å². The molecule has 0 bridgehead atoms. The average molecular weight is 602 g/mol. The van der Waals surface area contributed by atoms with Crippen LogP contribution in [0.1, 0.15) is 43.4 Å². The van der Waals surface area contributed by atoms with E-state index in [1.807, 2.05) is 12.3 Å². The third kappa shape index (κ3) is 7.67. The predicted molar refractivity (Wildman–Crippen MR) is 163 cm³/mol. The van der Waals surface area contributed by atoms with Crippen LogP contribution in [0.25, 0.3) is 11.1 Å². The number of nitrogens with one attached hydrogen (secondary N) is 3. The molecule has 228 valence electrons. The molecular weight excluding hydrogens is 562 g/mol. The molecule has 1 aliphatic rings. The van der Waals surface area contributed by atoms with Gasteiger partial charge in [0.1, 0.15) is 6.04 Å². The second-order valence-electron chi connectivity index (χ2n) is 9.69. The molecule has 0 spiro atoms. The molecule has 0 unspecified atom stereocenters. The van der Waals surface area contributed by atoms with Gasteiger partial charge in [-0.15, -0.1) is 0 Å². The molecule has 0 saturated heterocycles. The Balaban J connectivity index is 2.14. The lowest BCUT2D eigenvalue weighted by Gasteiger charge is -2.19. The highest BCUT2D eigenvalue weighted by Gasteiger charge is 2.30. The smallest absolute Gasteiger partial charge is 0.307 e. The van der Waals surface area contributed by atoms with Gasteiger partial charge >= 0.3 is 5.97 Å². The standard InChI is InChI=1S/C30H39N3O8S/c1-17(34)32-21-9-7-18-15-25(38-2)28(40-4)29(41-5)27(18)19-8-10-22(24(35)16-20(19)21)33-23(12-14-42-6)30(37)31-13-11-26(36)39-3/h8,10,15-16,21,23H,7,9,11-14H2,1-6H3,(H,31,37)(H,32,34)(H,33,35)/t21-,23-/m0/s1. The molecule has 2 amide bonds. The Labute approximate surface area is 250 Å². The summed E-state index contributed by atoms with van der Waals surface area (Å²) in [4.78, 5) is 50.4. The minimum atomic E-state index is -0.720. The number of ether oxygens (including phenoxy) is 4. The maximum absolute atomic E-state index is 13.6. The fourth-order valence-electron chi connectivity index (χ4n) is 5.03. The fourth-order valence-corrected chi connectivity index (χ4v) is 5.50. The zero-order chi connectivity index (χ0) is 30.8. The number of fused-ring (bicyclic) bond motifs is 3. The van der Waals surface area contributed by atoms with E-state index in [2.05, 4.69) is 20.7 Å². The largest absolute Gasteiger partial charge is 0.493 e. The number of carbonyl (C=O) groups is 3. The lowest BCUT2D eigenvalue weighted by atomic mass is 9.95. The highest BCUT2D eigenvalue weighted by Crippen LogP contribution is 2.50. The summed E-state index contributed by atoms with van der Waals surface area (Å²) in [6, 6.07) is 5.66. The summed E-state index contributed by atoms with van der Waals surface area (Å²) in [5.74, 6) is 1.05. The van der Waals surface area contributed by atoms with Crippen LogP contribution in [0.3, 0.4) is 0 Å². The molecule has 42 heavy (non-hydrogen) atoms. The number of esters is 1. The Hall–Kier alpha value is -3.93. The van der Waals surface area contributed by atoms with Gasteiger partial charge in [-0.1, -0.05) is 6.07 Å². The van der Waals surface area contributed by atoms with Crippen molar-refractivity contribution in [3.8, 4) is 28.4 Å². The maximum atomic E-state index is 13.6. The van der Waals surface area contributed by atoms with Crippen molar-refractivity contribution >= 4 is 35.2 Å². The van der Waals surface area contributed by atoms with Crippen LogP contribution in [-0.4, -0.2) is 70.8 Å². The summed E-state index contributed by atoms with van der Waals surface area (Å²) in [5.41, 5.74) is 2.84. The number of anilines is 1. The van der Waals surface area contributed by atoms with Gasteiger partial charge in [0.15, 0.2) is 11.5 Å². The Bertz CT molecular complexity index is 1370. The molecule has 2 aromatic rings. The number of aryl methyl sites for hydroxylation is 1. The first-order chi connectivity index (χ1) is 20.2. The van der Waals surface area contributed by atoms with E-state index in [9.17, 15) is 19.2 Å². The zero-order valence-electron chi connectivity index (χ0n) is 24.9. The fraction of sp³-hybridized carbons (Fsp3) is 0.467. The maximum Gasteiger partial charge on any atom is 0.307 e. The molecule has 0 heterocycles. The number of methoxy groups -OCH3 is 4. The van der Waals surface area contributed by atoms with E-state index in [-0.39, 0.29) is 35.9 Å². The monoisotopic (exact) mass is 601 g/mol. The lowest BCUT2D eigenvalue weighted by molar-refractivity contribution is -0.140. The van der Waals surface area contributed by atoms with E-state index in [0.29, 0.717) is 53.4 Å². The molecule has 0 aliphatic heterocycles. The van der Waals surface area contributed by atoms with Crippen LogP contribution in [0.2, 0.25) is 0 Å². The molecule has 0 radical (unpaired) electrons. The van der Waals surface area contributed by atoms with Crippen LogP contribution >= 0.6 is 11.8 Å². The van der Waals surface area contributed by atoms with Gasteiger partial charge in [-0.05, 0) is 66.2 Å². The first-order valence-corrected chi connectivity index (χ1v) is 15.0. The minimum Gasteiger partial charge on any atom is -0.493 e. The highest BCUT2D eigenvalue weighted by atomic mass is 32.2. The molecule has 0 aromatic heterocycles. The topological polar surface area (TPSA) is 141 Å². The quantitative estimate of drug-likeness (QED) is 0.293. The van der Waals surface area contributed by atoms with Crippen LogP contribution in [0, 0.1) is 0 Å². The van der Waals surface area contributed by atoms with Crippen LogP contribution in [0.15, 0.2) is 29.1 Å². The summed E-state index contributed by atoms with van der Waals surface area (Å²) in [7, 11) is 5.90. The first-order valence-electron chi connectivity index (χ1n) is 13.6. The predicted octanol–water partition coefficient (Wildman–Crippen LogP) is 3.08. The summed E-state index contributed by atoms with van der Waals surface area (Å²) >= 11 is 1.58. The van der Waals surface area contributed by atoms with E-state index in [1.54, 1.807) is 31.0 Å². The van der Waals surface area contributed by atoms with Crippen molar-refractivity contribution < 1.29 is 33.3 Å². The first kappa shape index (κ1) is 32.6. The number of rotatable bonds is 13. The van der Waals surface area contributed by atoms with Crippen LogP contribution in [0.4, 0.5) is 5.69 Å². The molecule has 11 nitrogen and oxygen atoms in total. The normalized spacial score (nSPS) is 14.3. The molecule has 1 aliphatic carbocycles. The van der Waals surface area contributed by atoms with Crippen molar-refractivity contribution in [1.29, 1.82) is 0 Å². The molecule has 3 rings (SSSR count). The molecule has 0 fully saturated rings. The van der Waals surface area contributed by atoms with E-state index in [0.717, 1.165) is 11.1 Å². The van der Waals surface area contributed by atoms with Gasteiger partial charge in [0.05, 0.1) is 46.6 Å². The summed E-state index contributed by atoms with van der Waals surface area (Å²) in [6.07, 6.45) is 3.53. The summed E-state index contributed by atoms with van der Waals surface area (Å²) in [5, 5.41) is 8.85. The van der Waals surface area contributed by atoms with Crippen molar-refractivity contribution in [3.63, 3.8) is 0 Å². The Morgan fingerprint density at radius 2 is 1.79 bits per heavy atom. The van der Waals surface area contributed by atoms with Crippen molar-refractivity contribution in [1.82, 2.24) is 10.6 Å². The van der Waals surface area contributed by atoms with Crippen molar-refractivity contribution in [2.75, 3.05) is 52.3 Å². The SMILES string of the molecule is COC(=O)CCNC(=O)[C@H](CCSC)Nc1ccc2c(cc1=O)[C@@H](NC(C)=O)CCc1cc(OC)c(OC)c(OC)c1-2. The van der Waals surface area contributed by atoms with Crippen LogP contribution in [0.5, 0.6) is 17.2 Å². The lowest BCUT2D eigenvalue weighted by Crippen LogP contribution is -2.41. The Morgan fingerprint density at radius 1 is 1.05 bits per heavy atom. The van der Waals surface area contributed by atoms with Gasteiger partial charge in [0.25, 0.3) is 0 Å². The number of amides is 2. The Kier molecular flexibility index (Phi) is 11.9. The highest BCUT2D eigenvalue weighted by molar-refractivity contribution is 7.98.